The van der Waals surface area contributed by atoms with Gasteiger partial charge in [-0.05, 0) is 45.0 Å². The Hall–Kier alpha value is -4.08. The molecule has 0 radical (unpaired) electrons. The largest absolute Gasteiger partial charge is 0.505 e. The number of carbonyl (C=O) groups is 5. The Bertz CT molecular complexity index is 1650. The number of pyridine rings is 1. The molecule has 6 atom stereocenters. The van der Waals surface area contributed by atoms with Crippen LogP contribution in [0.5, 0.6) is 5.75 Å². The van der Waals surface area contributed by atoms with Gasteiger partial charge in [0, 0.05) is 29.9 Å². The molecule has 2 saturated carbocycles. The number of aromatic nitrogens is 1. The fourth-order valence-electron chi connectivity index (χ4n) is 6.41. The number of phenolic OH excluding ortho intramolecular Hbond substituents is 1. The second-order valence-electron chi connectivity index (χ2n) is 10.7. The molecule has 1 aromatic heterocycles. The molecule has 2 fully saturated rings. The van der Waals surface area contributed by atoms with Gasteiger partial charge in [0.15, 0.2) is 40.4 Å². The summed E-state index contributed by atoms with van der Waals surface area (Å²) >= 11 is 0. The molecule has 5 rings (SSSR count). The van der Waals surface area contributed by atoms with Crippen LogP contribution in [0.25, 0.3) is 0 Å². The van der Waals surface area contributed by atoms with E-state index in [9.17, 15) is 42.6 Å². The number of nitrogens with zero attached hydrogens (tertiary/aromatic N) is 2. The topological polar surface area (TPSA) is 214 Å². The normalized spacial score (nSPS) is 29.5. The van der Waals surface area contributed by atoms with Gasteiger partial charge < -0.3 is 15.9 Å². The van der Waals surface area contributed by atoms with E-state index in [0.29, 0.717) is 6.07 Å². The van der Waals surface area contributed by atoms with Crippen LogP contribution in [0.3, 0.4) is 0 Å². The van der Waals surface area contributed by atoms with Gasteiger partial charge in [0.1, 0.15) is 10.7 Å². The minimum Gasteiger partial charge on any atom is -0.505 e. The van der Waals surface area contributed by atoms with Gasteiger partial charge in [0.05, 0.1) is 23.2 Å². The van der Waals surface area contributed by atoms with Crippen molar-refractivity contribution in [3.8, 4) is 5.75 Å². The van der Waals surface area contributed by atoms with Crippen molar-refractivity contribution in [2.75, 3.05) is 18.8 Å². The molecule has 0 saturated heterocycles. The molecule has 5 N–H and O–H groups in total. The zero-order valence-electron chi connectivity index (χ0n) is 21.7. The Kier molecular flexibility index (Phi) is 6.59. The summed E-state index contributed by atoms with van der Waals surface area (Å²) in [6, 6.07) is 1.94. The predicted molar refractivity (Wildman–Crippen MR) is 136 cm³/mol. The maximum absolute atomic E-state index is 15.4. The van der Waals surface area contributed by atoms with Gasteiger partial charge in [0.25, 0.3) is 10.0 Å². The van der Waals surface area contributed by atoms with E-state index < -0.39 is 97.2 Å². The minimum atomic E-state index is -4.38. The van der Waals surface area contributed by atoms with Crippen LogP contribution >= 0.6 is 0 Å². The van der Waals surface area contributed by atoms with Gasteiger partial charge in [-0.3, -0.25) is 38.6 Å². The number of nitrogens with one attached hydrogen (secondary N) is 1. The third-order valence-corrected chi connectivity index (χ3v) is 9.55. The first-order chi connectivity index (χ1) is 19.1. The Morgan fingerprint density at radius 2 is 1.90 bits per heavy atom. The fourth-order valence-corrected chi connectivity index (χ4v) is 7.43. The number of anilines is 1. The summed E-state index contributed by atoms with van der Waals surface area (Å²) in [4.78, 5) is 70.7. The summed E-state index contributed by atoms with van der Waals surface area (Å²) in [5, 5.41) is 22.5. The first kappa shape index (κ1) is 28.4. The fraction of sp³-hybridized carbons (Fsp3) is 0.385. The van der Waals surface area contributed by atoms with Gasteiger partial charge >= 0.3 is 0 Å². The van der Waals surface area contributed by atoms with Crippen LogP contribution in [0.1, 0.15) is 22.3 Å². The van der Waals surface area contributed by atoms with Gasteiger partial charge in [-0.25, -0.2) is 12.8 Å². The number of benzene rings is 1. The molecule has 216 valence electrons. The van der Waals surface area contributed by atoms with Gasteiger partial charge in [-0.15, -0.1) is 0 Å². The number of nitrogens with two attached hydrogens (primary N) is 1. The highest BCUT2D eigenvalue weighted by Crippen LogP contribution is 2.51. The van der Waals surface area contributed by atoms with Crippen LogP contribution in [0.4, 0.5) is 10.1 Å². The molecule has 1 aromatic carbocycles. The highest BCUT2D eigenvalue weighted by atomic mass is 32.2. The summed E-state index contributed by atoms with van der Waals surface area (Å²) in [6.07, 6.45) is 1.78. The van der Waals surface area contributed by atoms with Crippen molar-refractivity contribution in [3.05, 3.63) is 47.5 Å². The number of sulfonamides is 1. The van der Waals surface area contributed by atoms with Crippen molar-refractivity contribution in [2.45, 2.75) is 29.4 Å². The third kappa shape index (κ3) is 4.06. The number of ketones is 4. The average molecular weight is 589 g/mol. The molecule has 2 aromatic rings. The van der Waals surface area contributed by atoms with Crippen LogP contribution in [-0.2, 0) is 35.6 Å². The van der Waals surface area contributed by atoms with Crippen molar-refractivity contribution in [1.82, 2.24) is 9.88 Å². The molecule has 2 unspecified atom stereocenters. The van der Waals surface area contributed by atoms with E-state index in [4.69, 9.17) is 5.73 Å². The van der Waals surface area contributed by atoms with E-state index in [-0.39, 0.29) is 23.3 Å². The lowest BCUT2D eigenvalue weighted by molar-refractivity contribution is -0.181. The molecule has 0 aliphatic heterocycles. The standard InChI is InChI=1S/C26H25FN4O9S/c1-31(2)19-13-7-10-6-12-14(27)8-15(30-41(39,40)11-4-3-5-29-9-11)20(32)17(12)21(33)16(10)23(35)26(13,38)24(36)18(22(19)34)25(28)37/h3-5,8-10,13,16,18-19,30,32,38H,6-7H2,1-2H3,(H2,28,37)/t10-,13-,16?,18?,19-,26-/m0/s1. The second kappa shape index (κ2) is 9.49. The van der Waals surface area contributed by atoms with Crippen molar-refractivity contribution >= 4 is 44.8 Å². The molecule has 0 spiro atoms. The summed E-state index contributed by atoms with van der Waals surface area (Å²) in [7, 11) is -1.49. The zero-order valence-corrected chi connectivity index (χ0v) is 22.5. The Balaban J connectivity index is 1.60. The second-order valence-corrected chi connectivity index (χ2v) is 12.4. The van der Waals surface area contributed by atoms with Crippen molar-refractivity contribution in [2.24, 2.45) is 29.4 Å². The maximum atomic E-state index is 15.4. The van der Waals surface area contributed by atoms with E-state index in [1.807, 2.05) is 4.72 Å². The van der Waals surface area contributed by atoms with Crippen LogP contribution < -0.4 is 10.5 Å². The van der Waals surface area contributed by atoms with Crippen LogP contribution in [0.15, 0.2) is 35.5 Å². The number of rotatable bonds is 5. The number of Topliss-reactive ketones (excluding diaryl/α,β-unsaturated/α-hetero) is 4. The number of phenols is 1. The van der Waals surface area contributed by atoms with Gasteiger partial charge in [-0.1, -0.05) is 0 Å². The monoisotopic (exact) mass is 588 g/mol. The SMILES string of the molecule is CN(C)[C@@H]1C(=O)C(C(N)=O)C(=O)[C@@]2(O)C(=O)C3C(=O)c4c(O)c(NS(=O)(=O)c5cccnc5)cc(F)c4C[C@H]3C[C@@H]12. The number of hydrogen-bond donors (Lipinski definition) is 4. The zero-order chi connectivity index (χ0) is 30.2. The predicted octanol–water partition coefficient (Wildman–Crippen LogP) is -0.798. The van der Waals surface area contributed by atoms with Crippen LogP contribution in [-0.4, -0.2) is 83.3 Å². The minimum absolute atomic E-state index is 0.251. The summed E-state index contributed by atoms with van der Waals surface area (Å²) in [5.74, 6) is -14.4. The molecule has 15 heteroatoms. The van der Waals surface area contributed by atoms with Gasteiger partial charge in [-0.2, -0.15) is 0 Å². The third-order valence-electron chi connectivity index (χ3n) is 8.20. The van der Waals surface area contributed by atoms with Crippen LogP contribution in [0, 0.1) is 29.5 Å². The molecular weight excluding hydrogens is 563 g/mol. The first-order valence-electron chi connectivity index (χ1n) is 12.4. The molecule has 1 amide bonds. The number of halogens is 1. The lowest BCUT2D eigenvalue weighted by Crippen LogP contribution is -2.74. The average Bonchev–Trinajstić information content (AvgIpc) is 2.89. The number of hydrogen-bond acceptors (Lipinski definition) is 11. The molecule has 13 nitrogen and oxygen atoms in total. The molecular formula is C26H25FN4O9S. The van der Waals surface area contributed by atoms with Crippen molar-refractivity contribution in [1.29, 1.82) is 0 Å². The maximum Gasteiger partial charge on any atom is 0.263 e. The summed E-state index contributed by atoms with van der Waals surface area (Å²) in [6.45, 7) is 0. The number of amides is 1. The van der Waals surface area contributed by atoms with E-state index in [1.54, 1.807) is 0 Å². The highest BCUT2D eigenvalue weighted by molar-refractivity contribution is 7.92. The van der Waals surface area contributed by atoms with Crippen molar-refractivity contribution in [3.63, 3.8) is 0 Å². The Labute approximate surface area is 232 Å². The molecule has 0 bridgehead atoms. The number of primary amides is 1. The van der Waals surface area contributed by atoms with Gasteiger partial charge in [0.2, 0.25) is 5.91 Å². The molecule has 3 aliphatic rings. The van der Waals surface area contributed by atoms with E-state index in [1.165, 1.54) is 37.3 Å². The highest BCUT2D eigenvalue weighted by Gasteiger charge is 2.69. The summed E-state index contributed by atoms with van der Waals surface area (Å²) < 4.78 is 42.9. The molecule has 3 aliphatic carbocycles. The molecule has 41 heavy (non-hydrogen) atoms. The quantitative estimate of drug-likeness (QED) is 0.251. The lowest BCUT2D eigenvalue weighted by atomic mass is 9.52. The Morgan fingerprint density at radius 1 is 1.22 bits per heavy atom. The van der Waals surface area contributed by atoms with Crippen LogP contribution in [0.2, 0.25) is 0 Å². The number of aliphatic hydroxyl groups is 1. The smallest absolute Gasteiger partial charge is 0.263 e. The number of fused-ring (bicyclic) bond motifs is 3. The number of aromatic hydroxyl groups is 1. The van der Waals surface area contributed by atoms with Crippen molar-refractivity contribution < 1.29 is 47.0 Å². The molecule has 1 heterocycles. The lowest BCUT2D eigenvalue weighted by Gasteiger charge is -2.52. The van der Waals surface area contributed by atoms with E-state index in [0.717, 1.165) is 6.20 Å². The number of likely N-dealkylation sites (N-methyl/N-ethyl adjacent to an activating group) is 1. The summed E-state index contributed by atoms with van der Waals surface area (Å²) in [5.41, 5.74) is 0.688. The van der Waals surface area contributed by atoms with E-state index in [2.05, 4.69) is 4.98 Å². The number of carbonyl (C=O) groups excluding carboxylic acids is 5. The van der Waals surface area contributed by atoms with E-state index >= 15 is 4.39 Å². The first-order valence-corrected chi connectivity index (χ1v) is 13.9. The Morgan fingerprint density at radius 3 is 2.49 bits per heavy atom.